The van der Waals surface area contributed by atoms with Crippen molar-refractivity contribution >= 4 is 12.0 Å². The van der Waals surface area contributed by atoms with Gasteiger partial charge in [-0.3, -0.25) is 4.79 Å². The number of amides is 1. The summed E-state index contributed by atoms with van der Waals surface area (Å²) >= 11 is 0. The number of methoxy groups -OCH3 is 1. The van der Waals surface area contributed by atoms with E-state index in [0.29, 0.717) is 5.76 Å². The van der Waals surface area contributed by atoms with Crippen LogP contribution in [0.3, 0.4) is 0 Å². The third-order valence-electron chi connectivity index (χ3n) is 3.57. The second-order valence-corrected chi connectivity index (χ2v) is 5.11. The van der Waals surface area contributed by atoms with Gasteiger partial charge >= 0.3 is 0 Å². The van der Waals surface area contributed by atoms with E-state index in [0.717, 1.165) is 18.4 Å². The zero-order chi connectivity index (χ0) is 14.4. The number of carbonyl (C=O) groups is 1. The highest BCUT2D eigenvalue weighted by atomic mass is 16.5. The van der Waals surface area contributed by atoms with Gasteiger partial charge < -0.3 is 15.2 Å². The standard InChI is InChI=1S/C16H21NO3/c1-20-15(11-12-7-9-14(18)10-8-12)16(19)17-13-5-3-2-4-6-13/h7-11,13,18H,2-6H2,1H3,(H,17,19). The predicted molar refractivity (Wildman–Crippen MR) is 78.1 cm³/mol. The van der Waals surface area contributed by atoms with Crippen molar-refractivity contribution in [2.75, 3.05) is 7.11 Å². The molecule has 0 atom stereocenters. The summed E-state index contributed by atoms with van der Waals surface area (Å²) in [7, 11) is 1.49. The van der Waals surface area contributed by atoms with Crippen LogP contribution in [0.1, 0.15) is 37.7 Å². The predicted octanol–water partition coefficient (Wildman–Crippen LogP) is 2.83. The largest absolute Gasteiger partial charge is 0.508 e. The van der Waals surface area contributed by atoms with Gasteiger partial charge in [-0.2, -0.15) is 0 Å². The summed E-state index contributed by atoms with van der Waals surface area (Å²) in [5.41, 5.74) is 0.818. The van der Waals surface area contributed by atoms with E-state index < -0.39 is 0 Å². The Morgan fingerprint density at radius 1 is 1.25 bits per heavy atom. The molecule has 0 heterocycles. The van der Waals surface area contributed by atoms with Crippen LogP contribution in [0, 0.1) is 0 Å². The summed E-state index contributed by atoms with van der Waals surface area (Å²) < 4.78 is 5.17. The number of hydrogen-bond acceptors (Lipinski definition) is 3. The smallest absolute Gasteiger partial charge is 0.286 e. The first-order valence-corrected chi connectivity index (χ1v) is 7.04. The quantitative estimate of drug-likeness (QED) is 0.656. The number of benzene rings is 1. The highest BCUT2D eigenvalue weighted by Crippen LogP contribution is 2.18. The lowest BCUT2D eigenvalue weighted by Gasteiger charge is -2.23. The molecule has 2 N–H and O–H groups in total. The maximum atomic E-state index is 12.2. The molecule has 1 aliphatic carbocycles. The fraction of sp³-hybridized carbons (Fsp3) is 0.438. The van der Waals surface area contributed by atoms with Gasteiger partial charge in [-0.05, 0) is 36.6 Å². The molecule has 20 heavy (non-hydrogen) atoms. The summed E-state index contributed by atoms with van der Waals surface area (Å²) in [5.74, 6) is 0.321. The second kappa shape index (κ2) is 6.98. The fourth-order valence-corrected chi connectivity index (χ4v) is 2.44. The molecule has 0 spiro atoms. The molecule has 1 fully saturated rings. The van der Waals surface area contributed by atoms with Gasteiger partial charge in [0.15, 0.2) is 5.76 Å². The highest BCUT2D eigenvalue weighted by Gasteiger charge is 2.18. The Labute approximate surface area is 119 Å². The van der Waals surface area contributed by atoms with Crippen molar-refractivity contribution in [3.63, 3.8) is 0 Å². The number of aromatic hydroxyl groups is 1. The number of carbonyl (C=O) groups excluding carboxylic acids is 1. The summed E-state index contributed by atoms with van der Waals surface area (Å²) in [4.78, 5) is 12.2. The van der Waals surface area contributed by atoms with E-state index in [9.17, 15) is 9.90 Å². The van der Waals surface area contributed by atoms with Crippen molar-refractivity contribution in [2.24, 2.45) is 0 Å². The Morgan fingerprint density at radius 2 is 1.90 bits per heavy atom. The Hall–Kier alpha value is -1.97. The first kappa shape index (κ1) is 14.4. The van der Waals surface area contributed by atoms with E-state index in [2.05, 4.69) is 5.32 Å². The van der Waals surface area contributed by atoms with Gasteiger partial charge in [-0.15, -0.1) is 0 Å². The van der Waals surface area contributed by atoms with Crippen LogP contribution in [0.25, 0.3) is 6.08 Å². The van der Waals surface area contributed by atoms with Gasteiger partial charge in [0, 0.05) is 6.04 Å². The Kier molecular flexibility index (Phi) is 5.04. The molecular weight excluding hydrogens is 254 g/mol. The van der Waals surface area contributed by atoms with Crippen LogP contribution in [0.5, 0.6) is 5.75 Å². The van der Waals surface area contributed by atoms with Crippen LogP contribution in [-0.2, 0) is 9.53 Å². The van der Waals surface area contributed by atoms with Gasteiger partial charge in [0.25, 0.3) is 5.91 Å². The summed E-state index contributed by atoms with van der Waals surface area (Å²) in [5, 5.41) is 12.3. The molecule has 1 saturated carbocycles. The van der Waals surface area contributed by atoms with E-state index in [1.807, 2.05) is 0 Å². The van der Waals surface area contributed by atoms with Crippen molar-refractivity contribution in [1.82, 2.24) is 5.32 Å². The van der Waals surface area contributed by atoms with Crippen molar-refractivity contribution in [3.8, 4) is 5.75 Å². The normalized spacial score (nSPS) is 16.8. The van der Waals surface area contributed by atoms with Gasteiger partial charge in [0.1, 0.15) is 5.75 Å². The molecule has 1 aromatic carbocycles. The second-order valence-electron chi connectivity index (χ2n) is 5.11. The number of hydrogen-bond donors (Lipinski definition) is 2. The zero-order valence-corrected chi connectivity index (χ0v) is 11.8. The van der Waals surface area contributed by atoms with Crippen LogP contribution < -0.4 is 5.32 Å². The Morgan fingerprint density at radius 3 is 2.50 bits per heavy atom. The molecule has 4 nitrogen and oxygen atoms in total. The molecule has 0 aliphatic heterocycles. The minimum atomic E-state index is -0.174. The maximum absolute atomic E-state index is 12.2. The van der Waals surface area contributed by atoms with E-state index in [1.165, 1.54) is 26.4 Å². The van der Waals surface area contributed by atoms with Crippen LogP contribution in [-0.4, -0.2) is 24.2 Å². The van der Waals surface area contributed by atoms with Gasteiger partial charge in [-0.1, -0.05) is 31.4 Å². The molecule has 0 unspecified atom stereocenters. The highest BCUT2D eigenvalue weighted by molar-refractivity contribution is 5.96. The van der Waals surface area contributed by atoms with E-state index in [-0.39, 0.29) is 17.7 Å². The van der Waals surface area contributed by atoms with E-state index in [4.69, 9.17) is 4.74 Å². The molecule has 1 aromatic rings. The van der Waals surface area contributed by atoms with Crippen LogP contribution in [0.4, 0.5) is 0 Å². The lowest BCUT2D eigenvalue weighted by Crippen LogP contribution is -2.37. The number of rotatable bonds is 4. The molecule has 2 rings (SSSR count). The first-order valence-electron chi connectivity index (χ1n) is 7.04. The van der Waals surface area contributed by atoms with Crippen molar-refractivity contribution in [1.29, 1.82) is 0 Å². The molecule has 108 valence electrons. The molecule has 0 aromatic heterocycles. The van der Waals surface area contributed by atoms with Crippen molar-refractivity contribution in [2.45, 2.75) is 38.1 Å². The number of phenols is 1. The molecule has 0 radical (unpaired) electrons. The molecule has 1 amide bonds. The topological polar surface area (TPSA) is 58.6 Å². The minimum Gasteiger partial charge on any atom is -0.508 e. The fourth-order valence-electron chi connectivity index (χ4n) is 2.44. The monoisotopic (exact) mass is 275 g/mol. The molecule has 4 heteroatoms. The number of ether oxygens (including phenoxy) is 1. The molecule has 0 saturated heterocycles. The Bertz CT molecular complexity index is 473. The van der Waals surface area contributed by atoms with Crippen molar-refractivity contribution < 1.29 is 14.6 Å². The average Bonchev–Trinajstić information content (AvgIpc) is 2.47. The van der Waals surface area contributed by atoms with Crippen LogP contribution >= 0.6 is 0 Å². The van der Waals surface area contributed by atoms with Gasteiger partial charge in [0.2, 0.25) is 0 Å². The lowest BCUT2D eigenvalue weighted by atomic mass is 9.95. The first-order chi connectivity index (χ1) is 9.69. The summed E-state index contributed by atoms with van der Waals surface area (Å²) in [6, 6.07) is 6.90. The maximum Gasteiger partial charge on any atom is 0.286 e. The lowest BCUT2D eigenvalue weighted by molar-refractivity contribution is -0.121. The third kappa shape index (κ3) is 4.02. The van der Waals surface area contributed by atoms with Crippen LogP contribution in [0.2, 0.25) is 0 Å². The summed E-state index contributed by atoms with van der Waals surface area (Å²) in [6.45, 7) is 0. The third-order valence-corrected chi connectivity index (χ3v) is 3.57. The van der Waals surface area contributed by atoms with Crippen molar-refractivity contribution in [3.05, 3.63) is 35.6 Å². The molecule has 0 bridgehead atoms. The zero-order valence-electron chi connectivity index (χ0n) is 11.8. The van der Waals surface area contributed by atoms with Gasteiger partial charge in [-0.25, -0.2) is 0 Å². The number of nitrogens with one attached hydrogen (secondary N) is 1. The molecular formula is C16H21NO3. The van der Waals surface area contributed by atoms with Gasteiger partial charge in [0.05, 0.1) is 7.11 Å². The van der Waals surface area contributed by atoms with Crippen LogP contribution in [0.15, 0.2) is 30.0 Å². The molecule has 1 aliphatic rings. The SMILES string of the molecule is COC(=Cc1ccc(O)cc1)C(=O)NC1CCCCC1. The van der Waals surface area contributed by atoms with E-state index in [1.54, 1.807) is 30.3 Å². The Balaban J connectivity index is 2.02. The van der Waals surface area contributed by atoms with E-state index >= 15 is 0 Å². The summed E-state index contributed by atoms with van der Waals surface area (Å²) in [6.07, 6.45) is 7.37. The average molecular weight is 275 g/mol. The number of phenolic OH excluding ortho intramolecular Hbond substituents is 1. The minimum absolute atomic E-state index is 0.174.